The third kappa shape index (κ3) is 4.21. The Balaban J connectivity index is 2.09. The van der Waals surface area contributed by atoms with Gasteiger partial charge >= 0.3 is 0 Å². The Morgan fingerprint density at radius 2 is 1.76 bits per heavy atom. The van der Waals surface area contributed by atoms with E-state index in [0.29, 0.717) is 35.8 Å². The number of hydrogen-bond donors (Lipinski definition) is 1. The highest BCUT2D eigenvalue weighted by atomic mass is 19.1. The second-order valence-electron chi connectivity index (χ2n) is 5.46. The monoisotopic (exact) mass is 347 g/mol. The van der Waals surface area contributed by atoms with Crippen molar-refractivity contribution >= 4 is 5.91 Å². The van der Waals surface area contributed by atoms with E-state index in [0.717, 1.165) is 11.1 Å². The zero-order chi connectivity index (χ0) is 18.4. The van der Waals surface area contributed by atoms with Crippen molar-refractivity contribution in [1.29, 1.82) is 0 Å². The van der Waals surface area contributed by atoms with Gasteiger partial charge in [-0.2, -0.15) is 0 Å². The molecule has 1 amide bonds. The minimum Gasteiger partial charge on any atom is -0.493 e. The van der Waals surface area contributed by atoms with Gasteiger partial charge in [-0.1, -0.05) is 12.1 Å². The van der Waals surface area contributed by atoms with E-state index in [4.69, 9.17) is 14.2 Å². The van der Waals surface area contributed by atoms with Gasteiger partial charge in [-0.3, -0.25) is 4.79 Å². The number of halogens is 1. The quantitative estimate of drug-likeness (QED) is 0.836. The molecule has 0 aliphatic heterocycles. The van der Waals surface area contributed by atoms with Crippen LogP contribution in [0.1, 0.15) is 21.5 Å². The molecule has 0 aliphatic rings. The third-order valence-electron chi connectivity index (χ3n) is 3.91. The summed E-state index contributed by atoms with van der Waals surface area (Å²) >= 11 is 0. The van der Waals surface area contributed by atoms with Gasteiger partial charge in [0.05, 0.1) is 21.3 Å². The number of methoxy groups -OCH3 is 3. The Labute approximate surface area is 146 Å². The first-order chi connectivity index (χ1) is 12.0. The molecule has 1 N–H and O–H groups in total. The normalized spacial score (nSPS) is 10.3. The van der Waals surface area contributed by atoms with Crippen molar-refractivity contribution in [3.63, 3.8) is 0 Å². The van der Waals surface area contributed by atoms with Gasteiger partial charge in [0.2, 0.25) is 5.75 Å². The lowest BCUT2D eigenvalue weighted by molar-refractivity contribution is 0.0953. The fraction of sp³-hybridized carbons (Fsp3) is 0.316. The maximum absolute atomic E-state index is 13.3. The number of carbonyl (C=O) groups is 1. The van der Waals surface area contributed by atoms with Crippen LogP contribution in [0.15, 0.2) is 30.3 Å². The lowest BCUT2D eigenvalue weighted by atomic mass is 10.1. The van der Waals surface area contributed by atoms with E-state index in [1.54, 1.807) is 40.4 Å². The molecule has 0 radical (unpaired) electrons. The summed E-state index contributed by atoms with van der Waals surface area (Å²) in [5.74, 6) is 0.907. The van der Waals surface area contributed by atoms with Gasteiger partial charge in [0, 0.05) is 17.7 Å². The highest BCUT2D eigenvalue weighted by Crippen LogP contribution is 2.39. The Morgan fingerprint density at radius 1 is 1.04 bits per heavy atom. The summed E-state index contributed by atoms with van der Waals surface area (Å²) in [7, 11) is 4.65. The molecule has 0 atom stereocenters. The number of amides is 1. The molecule has 25 heavy (non-hydrogen) atoms. The topological polar surface area (TPSA) is 56.8 Å². The average molecular weight is 347 g/mol. The van der Waals surface area contributed by atoms with E-state index < -0.39 is 5.82 Å². The number of aryl methyl sites for hydroxylation is 1. The summed E-state index contributed by atoms with van der Waals surface area (Å²) in [6.07, 6.45) is 0.531. The number of carbonyl (C=O) groups excluding carboxylic acids is 1. The van der Waals surface area contributed by atoms with Crippen LogP contribution in [0.4, 0.5) is 4.39 Å². The van der Waals surface area contributed by atoms with Crippen molar-refractivity contribution in [2.24, 2.45) is 0 Å². The number of rotatable bonds is 7. The first kappa shape index (κ1) is 18.6. The molecule has 2 aromatic carbocycles. The van der Waals surface area contributed by atoms with E-state index in [9.17, 15) is 9.18 Å². The molecule has 0 fully saturated rings. The maximum atomic E-state index is 13.3. The smallest absolute Gasteiger partial charge is 0.251 e. The highest BCUT2D eigenvalue weighted by molar-refractivity contribution is 5.95. The SMILES string of the molecule is COc1ccc(CCNC(=O)c2cc(F)ccc2C)c(OC)c1OC. The van der Waals surface area contributed by atoms with Gasteiger partial charge < -0.3 is 19.5 Å². The maximum Gasteiger partial charge on any atom is 0.251 e. The van der Waals surface area contributed by atoms with E-state index in [2.05, 4.69) is 5.32 Å². The predicted octanol–water partition coefficient (Wildman–Crippen LogP) is 3.13. The second-order valence-corrected chi connectivity index (χ2v) is 5.46. The van der Waals surface area contributed by atoms with Crippen LogP contribution < -0.4 is 19.5 Å². The molecule has 2 aromatic rings. The van der Waals surface area contributed by atoms with Gasteiger partial charge in [-0.15, -0.1) is 0 Å². The molecule has 134 valence electrons. The highest BCUT2D eigenvalue weighted by Gasteiger charge is 2.16. The molecule has 2 rings (SSSR count). The van der Waals surface area contributed by atoms with Crippen molar-refractivity contribution in [3.05, 3.63) is 52.8 Å². The molecule has 0 aromatic heterocycles. The van der Waals surface area contributed by atoms with Crippen LogP contribution >= 0.6 is 0 Å². The Hall–Kier alpha value is -2.76. The van der Waals surface area contributed by atoms with Crippen molar-refractivity contribution in [2.45, 2.75) is 13.3 Å². The summed E-state index contributed by atoms with van der Waals surface area (Å²) in [6.45, 7) is 2.15. The van der Waals surface area contributed by atoms with Crippen molar-refractivity contribution in [1.82, 2.24) is 5.32 Å². The van der Waals surface area contributed by atoms with Gasteiger partial charge in [-0.25, -0.2) is 4.39 Å². The summed E-state index contributed by atoms with van der Waals surface area (Å²) in [4.78, 5) is 12.2. The van der Waals surface area contributed by atoms with E-state index in [-0.39, 0.29) is 5.91 Å². The largest absolute Gasteiger partial charge is 0.493 e. The average Bonchev–Trinajstić information content (AvgIpc) is 2.62. The third-order valence-corrected chi connectivity index (χ3v) is 3.91. The van der Waals surface area contributed by atoms with E-state index in [1.807, 2.05) is 6.07 Å². The molecule has 0 unspecified atom stereocenters. The lowest BCUT2D eigenvalue weighted by Gasteiger charge is -2.16. The number of nitrogens with one attached hydrogen (secondary N) is 1. The molecular weight excluding hydrogens is 325 g/mol. The number of hydrogen-bond acceptors (Lipinski definition) is 4. The molecule has 0 bridgehead atoms. The molecule has 0 spiro atoms. The minimum absolute atomic E-state index is 0.309. The Kier molecular flexibility index (Phi) is 6.22. The van der Waals surface area contributed by atoms with Gasteiger partial charge in [0.25, 0.3) is 5.91 Å². The molecule has 0 saturated carbocycles. The van der Waals surface area contributed by atoms with Crippen LogP contribution in [0.25, 0.3) is 0 Å². The predicted molar refractivity (Wildman–Crippen MR) is 93.3 cm³/mol. The van der Waals surface area contributed by atoms with Crippen LogP contribution in [0.5, 0.6) is 17.2 Å². The molecule has 0 aliphatic carbocycles. The lowest BCUT2D eigenvalue weighted by Crippen LogP contribution is -2.26. The van der Waals surface area contributed by atoms with Crippen LogP contribution in [-0.2, 0) is 6.42 Å². The molecule has 0 heterocycles. The van der Waals surface area contributed by atoms with Crippen LogP contribution in [0, 0.1) is 12.7 Å². The second kappa shape index (κ2) is 8.37. The van der Waals surface area contributed by atoms with Gasteiger partial charge in [0.15, 0.2) is 11.5 Å². The zero-order valence-corrected chi connectivity index (χ0v) is 14.8. The first-order valence-corrected chi connectivity index (χ1v) is 7.84. The number of benzene rings is 2. The summed E-state index contributed by atoms with van der Waals surface area (Å²) in [5.41, 5.74) is 1.93. The fourth-order valence-corrected chi connectivity index (χ4v) is 2.60. The van der Waals surface area contributed by atoms with Crippen LogP contribution in [0.3, 0.4) is 0 Å². The van der Waals surface area contributed by atoms with Crippen LogP contribution in [-0.4, -0.2) is 33.8 Å². The van der Waals surface area contributed by atoms with E-state index in [1.165, 1.54) is 12.1 Å². The van der Waals surface area contributed by atoms with E-state index >= 15 is 0 Å². The fourth-order valence-electron chi connectivity index (χ4n) is 2.60. The van der Waals surface area contributed by atoms with Gasteiger partial charge in [-0.05, 0) is 37.1 Å². The van der Waals surface area contributed by atoms with Crippen molar-refractivity contribution in [3.8, 4) is 17.2 Å². The zero-order valence-electron chi connectivity index (χ0n) is 14.8. The Morgan fingerprint density at radius 3 is 2.40 bits per heavy atom. The summed E-state index contributed by atoms with van der Waals surface area (Å²) in [5, 5.41) is 2.80. The van der Waals surface area contributed by atoms with Crippen molar-refractivity contribution in [2.75, 3.05) is 27.9 Å². The molecular formula is C19H22FNO4. The molecule has 6 heteroatoms. The summed E-state index contributed by atoms with van der Waals surface area (Å²) < 4.78 is 29.3. The van der Waals surface area contributed by atoms with Gasteiger partial charge in [0.1, 0.15) is 5.82 Å². The summed E-state index contributed by atoms with van der Waals surface area (Å²) in [6, 6.07) is 7.80. The Bertz CT molecular complexity index is 761. The first-order valence-electron chi connectivity index (χ1n) is 7.84. The minimum atomic E-state index is -0.433. The molecule has 5 nitrogen and oxygen atoms in total. The number of ether oxygens (including phenoxy) is 3. The van der Waals surface area contributed by atoms with Crippen molar-refractivity contribution < 1.29 is 23.4 Å². The standard InChI is InChI=1S/C19H22FNO4/c1-12-5-7-14(20)11-15(12)19(22)21-10-9-13-6-8-16(23-2)18(25-4)17(13)24-3/h5-8,11H,9-10H2,1-4H3,(H,21,22). The van der Waals surface area contributed by atoms with Crippen LogP contribution in [0.2, 0.25) is 0 Å². The molecule has 0 saturated heterocycles.